The molecule has 2 aliphatic heterocycles. The molecule has 5 aromatic carbocycles. The Kier molecular flexibility index (Phi) is 20.3. The molecule has 7 heterocycles. The standard InChI is InChI=1S/C17H19NO2.C16H21N.C16H19N.C15H15NO.C9H9N.C8H12O3/c1-12-2-3-14-15(11-18-16(14)10-12)13-4-6-17(7-5-13)19-8-9-20-17;2*1-11-3-6-13(7-4-11)15-10-17-16-9-12(2)5-8-14(15)16;1-10-2-7-13-14(9-16-15(13)8-10)11-3-5-12(17)6-4-11;1-7-2-3-8-4-5-10-9(8)6-7;9-7-1-3-8(4-2-7)10-5-6-11-8/h2-4,10-11,18H,5-9H2,1H3;5,8-11,13,17H,3-4,6-7H2,1-2H3;5-6,8-11,17H,3-4,7H2,1-2H3;2-3,7-9,16H,4-6H2,1H3;2-6,10H,1H3;1-6H2. The Hall–Kier alpha value is -7.80. The van der Waals surface area contributed by atoms with E-state index >= 15 is 0 Å². The van der Waals surface area contributed by atoms with Crippen molar-refractivity contribution in [2.45, 2.75) is 175 Å². The maximum absolute atomic E-state index is 11.2. The fourth-order valence-electron chi connectivity index (χ4n) is 14.5. The number of aromatic amines is 5. The number of aryl methyl sites for hydroxylation is 5. The van der Waals surface area contributed by atoms with Crippen LogP contribution in [0, 0.1) is 46.5 Å². The smallest absolute Gasteiger partial charge is 0.172 e. The summed E-state index contributed by atoms with van der Waals surface area (Å²) in [6.45, 7) is 18.2. The molecule has 7 aliphatic rings. The van der Waals surface area contributed by atoms with Crippen LogP contribution in [0.3, 0.4) is 0 Å². The molecule has 11 nitrogen and oxygen atoms in total. The van der Waals surface area contributed by atoms with Crippen LogP contribution in [0.2, 0.25) is 0 Å². The van der Waals surface area contributed by atoms with Gasteiger partial charge >= 0.3 is 0 Å². The first-order valence-corrected chi connectivity index (χ1v) is 34.2. The molecule has 0 bridgehead atoms. The van der Waals surface area contributed by atoms with Crippen LogP contribution in [0.25, 0.3) is 71.2 Å². The zero-order valence-electron chi connectivity index (χ0n) is 55.4. The van der Waals surface area contributed by atoms with Gasteiger partial charge in [-0.1, -0.05) is 106 Å². The second-order valence-corrected chi connectivity index (χ2v) is 27.3. The number of carbonyl (C=O) groups excluding carboxylic acids is 2. The molecule has 1 atom stereocenters. The number of fused-ring (bicyclic) bond motifs is 5. The summed E-state index contributed by atoms with van der Waals surface area (Å²) in [6, 6.07) is 35.0. The van der Waals surface area contributed by atoms with Gasteiger partial charge in [-0.25, -0.2) is 0 Å². The molecular formula is C81H95N5O6. The van der Waals surface area contributed by atoms with E-state index in [2.05, 4.69) is 213 Å². The highest BCUT2D eigenvalue weighted by molar-refractivity contribution is 5.97. The minimum Gasteiger partial charge on any atom is -0.361 e. The molecule has 480 valence electrons. The predicted molar refractivity (Wildman–Crippen MR) is 378 cm³/mol. The highest BCUT2D eigenvalue weighted by Crippen LogP contribution is 2.42. The number of rotatable bonds is 4. The van der Waals surface area contributed by atoms with Crippen LogP contribution in [0.4, 0.5) is 0 Å². The van der Waals surface area contributed by atoms with Gasteiger partial charge in [0.05, 0.1) is 26.4 Å². The quantitative estimate of drug-likeness (QED) is 0.118. The lowest BCUT2D eigenvalue weighted by molar-refractivity contribution is -0.179. The number of Topliss-reactive ketones (excluding diaryl/α,β-unsaturated/α-hetero) is 2. The molecule has 2 spiro atoms. The van der Waals surface area contributed by atoms with Gasteiger partial charge in [-0.15, -0.1) is 0 Å². The molecule has 5 aliphatic carbocycles. The van der Waals surface area contributed by atoms with Gasteiger partial charge in [0.25, 0.3) is 0 Å². The zero-order valence-corrected chi connectivity index (χ0v) is 55.4. The first-order valence-electron chi connectivity index (χ1n) is 34.2. The van der Waals surface area contributed by atoms with E-state index in [1.54, 1.807) is 5.56 Å². The molecule has 4 fully saturated rings. The Morgan fingerprint density at radius 3 is 1.37 bits per heavy atom. The number of carbonyl (C=O) groups is 2. The minimum absolute atomic E-state index is 0.327. The van der Waals surface area contributed by atoms with E-state index in [0.717, 1.165) is 69.5 Å². The summed E-state index contributed by atoms with van der Waals surface area (Å²) in [5.41, 5.74) is 22.5. The highest BCUT2D eigenvalue weighted by atomic mass is 16.7. The lowest BCUT2D eigenvalue weighted by Gasteiger charge is -2.30. The average Bonchev–Trinajstić information content (AvgIpc) is 1.75. The summed E-state index contributed by atoms with van der Waals surface area (Å²) in [6.07, 6.45) is 34.4. The molecule has 10 aromatic rings. The molecule has 11 heteroatoms. The van der Waals surface area contributed by atoms with Gasteiger partial charge in [-0.05, 0) is 189 Å². The van der Waals surface area contributed by atoms with Crippen molar-refractivity contribution in [3.05, 3.63) is 196 Å². The molecule has 92 heavy (non-hydrogen) atoms. The first-order chi connectivity index (χ1) is 44.6. The van der Waals surface area contributed by atoms with Gasteiger partial charge in [-0.3, -0.25) is 9.59 Å². The monoisotopic (exact) mass is 1230 g/mol. The molecule has 2 saturated carbocycles. The number of hydrogen-bond acceptors (Lipinski definition) is 6. The highest BCUT2D eigenvalue weighted by Gasteiger charge is 2.40. The van der Waals surface area contributed by atoms with Gasteiger partial charge in [0.1, 0.15) is 11.6 Å². The van der Waals surface area contributed by atoms with E-state index in [1.165, 1.54) is 161 Å². The summed E-state index contributed by atoms with van der Waals surface area (Å²) in [5.74, 6) is 2.56. The van der Waals surface area contributed by atoms with Gasteiger partial charge < -0.3 is 43.9 Å². The molecule has 5 N–H and O–H groups in total. The fraction of sp³-hybridized carbons (Fsp3) is 0.407. The maximum Gasteiger partial charge on any atom is 0.172 e. The molecule has 5 aromatic heterocycles. The Balaban J connectivity index is 0.000000108. The van der Waals surface area contributed by atoms with E-state index in [0.29, 0.717) is 50.5 Å². The lowest BCUT2D eigenvalue weighted by Crippen LogP contribution is -2.35. The SMILES string of the molecule is Cc1ccc2c(C3=CCC(=O)CC3)c[nH]c2c1.Cc1ccc2c(C3=CCC(C)CC3)c[nH]c2c1.Cc1ccc2c(C3=CCC4(CC3)OCCO4)c[nH]c2c1.Cc1ccc2c(C3CCC(C)CC3)c[nH]c2c1.Cc1ccc2cc[nH]c2c1.O=C1CCC2(CC1)OCCO2. The largest absolute Gasteiger partial charge is 0.361 e. The number of benzene rings is 5. The molecule has 1 unspecified atom stereocenters. The van der Waals surface area contributed by atoms with E-state index in [9.17, 15) is 9.59 Å². The molecular weight excluding hydrogens is 1140 g/mol. The van der Waals surface area contributed by atoms with Gasteiger partial charge in [0.2, 0.25) is 0 Å². The Labute approximate surface area is 543 Å². The predicted octanol–water partition coefficient (Wildman–Crippen LogP) is 20.2. The number of hydrogen-bond donors (Lipinski definition) is 5. The zero-order chi connectivity index (χ0) is 63.8. The fourth-order valence-corrected chi connectivity index (χ4v) is 14.5. The third kappa shape index (κ3) is 15.5. The summed E-state index contributed by atoms with van der Waals surface area (Å²) in [5, 5.41) is 6.67. The van der Waals surface area contributed by atoms with Crippen LogP contribution in [0.15, 0.2) is 146 Å². The van der Waals surface area contributed by atoms with Crippen molar-refractivity contribution in [1.82, 2.24) is 24.9 Å². The topological polar surface area (TPSA) is 150 Å². The maximum atomic E-state index is 11.2. The summed E-state index contributed by atoms with van der Waals surface area (Å²) < 4.78 is 22.5. The van der Waals surface area contributed by atoms with Crippen molar-refractivity contribution in [2.24, 2.45) is 11.8 Å². The Morgan fingerprint density at radius 1 is 0.402 bits per heavy atom. The van der Waals surface area contributed by atoms with E-state index in [4.69, 9.17) is 18.9 Å². The van der Waals surface area contributed by atoms with Crippen LogP contribution in [0.5, 0.6) is 0 Å². The van der Waals surface area contributed by atoms with Crippen LogP contribution < -0.4 is 0 Å². The summed E-state index contributed by atoms with van der Waals surface area (Å²) in [4.78, 5) is 38.8. The van der Waals surface area contributed by atoms with Crippen molar-refractivity contribution < 1.29 is 28.5 Å². The molecule has 0 radical (unpaired) electrons. The van der Waals surface area contributed by atoms with Gasteiger partial charge in [-0.2, -0.15) is 0 Å². The van der Waals surface area contributed by atoms with Crippen molar-refractivity contribution in [3.8, 4) is 0 Å². The first kappa shape index (κ1) is 64.3. The second-order valence-electron chi connectivity index (χ2n) is 27.3. The minimum atomic E-state index is -0.367. The van der Waals surface area contributed by atoms with Crippen molar-refractivity contribution >= 4 is 82.8 Å². The number of nitrogens with one attached hydrogen (secondary N) is 5. The van der Waals surface area contributed by atoms with Crippen molar-refractivity contribution in [3.63, 3.8) is 0 Å². The number of ether oxygens (including phenoxy) is 4. The van der Waals surface area contributed by atoms with Gasteiger partial charge in [0.15, 0.2) is 11.6 Å². The van der Waals surface area contributed by atoms with E-state index in [-0.39, 0.29) is 11.6 Å². The van der Waals surface area contributed by atoms with E-state index < -0.39 is 0 Å². The molecule has 17 rings (SSSR count). The number of allylic oxidation sites excluding steroid dienone is 5. The lowest BCUT2D eigenvalue weighted by atomic mass is 9.79. The third-order valence-electron chi connectivity index (χ3n) is 20.1. The number of aromatic nitrogens is 5. The Morgan fingerprint density at radius 2 is 0.870 bits per heavy atom. The normalized spacial score (nSPS) is 20.9. The van der Waals surface area contributed by atoms with E-state index in [1.807, 2.05) is 6.20 Å². The number of ketones is 2. The van der Waals surface area contributed by atoms with Crippen molar-refractivity contribution in [1.29, 1.82) is 0 Å². The third-order valence-corrected chi connectivity index (χ3v) is 20.1. The Bertz CT molecular complexity index is 4270. The summed E-state index contributed by atoms with van der Waals surface area (Å²) in [7, 11) is 0. The second kappa shape index (κ2) is 29.0. The van der Waals surface area contributed by atoms with Crippen LogP contribution >= 0.6 is 0 Å². The van der Waals surface area contributed by atoms with Crippen LogP contribution in [-0.4, -0.2) is 74.5 Å². The molecule has 0 amide bonds. The van der Waals surface area contributed by atoms with Crippen molar-refractivity contribution in [2.75, 3.05) is 26.4 Å². The summed E-state index contributed by atoms with van der Waals surface area (Å²) >= 11 is 0. The van der Waals surface area contributed by atoms with Crippen LogP contribution in [0.1, 0.15) is 179 Å². The number of H-pyrrole nitrogens is 5. The van der Waals surface area contributed by atoms with Gasteiger partial charge in [0, 0.05) is 148 Å². The average molecular weight is 1230 g/mol. The van der Waals surface area contributed by atoms with Crippen LogP contribution in [-0.2, 0) is 28.5 Å². The molecule has 2 saturated heterocycles.